The summed E-state index contributed by atoms with van der Waals surface area (Å²) in [5.74, 6) is 1.66. The zero-order valence-electron chi connectivity index (χ0n) is 12.5. The number of rotatable bonds is 5. The topological polar surface area (TPSA) is 23.8 Å². The fourth-order valence-corrected chi connectivity index (χ4v) is 3.31. The lowest BCUT2D eigenvalue weighted by molar-refractivity contribution is 0.305. The second kappa shape index (κ2) is 7.90. The summed E-state index contributed by atoms with van der Waals surface area (Å²) < 4.78 is 0. The molecule has 1 nitrogen and oxygen atoms in total. The number of allylic oxidation sites excluding steroid dienone is 2. The first-order valence-corrected chi connectivity index (χ1v) is 7.94. The van der Waals surface area contributed by atoms with E-state index in [1.807, 2.05) is 12.1 Å². The summed E-state index contributed by atoms with van der Waals surface area (Å²) in [5.41, 5.74) is 2.20. The van der Waals surface area contributed by atoms with E-state index in [2.05, 4.69) is 37.3 Å². The highest BCUT2D eigenvalue weighted by atomic mass is 14.3. The first-order chi connectivity index (χ1) is 9.83. The van der Waals surface area contributed by atoms with Gasteiger partial charge in [0.25, 0.3) is 0 Å². The highest BCUT2D eigenvalue weighted by molar-refractivity contribution is 5.33. The Labute approximate surface area is 123 Å². The summed E-state index contributed by atoms with van der Waals surface area (Å²) in [5, 5.41) is 8.84. The third kappa shape index (κ3) is 4.23. The molecule has 0 radical (unpaired) electrons. The Morgan fingerprint density at radius 2 is 1.85 bits per heavy atom. The Morgan fingerprint density at radius 3 is 2.45 bits per heavy atom. The van der Waals surface area contributed by atoms with E-state index < -0.39 is 0 Å². The minimum atomic E-state index is 0.717. The number of nitriles is 1. The van der Waals surface area contributed by atoms with Gasteiger partial charge in [-0.1, -0.05) is 30.7 Å². The second-order valence-electron chi connectivity index (χ2n) is 5.95. The molecule has 0 heterocycles. The molecule has 0 unspecified atom stereocenters. The van der Waals surface area contributed by atoms with Gasteiger partial charge in [-0.25, -0.2) is 0 Å². The molecule has 1 aromatic carbocycles. The van der Waals surface area contributed by atoms with Crippen LogP contribution in [0.25, 0.3) is 0 Å². The maximum atomic E-state index is 8.84. The molecular weight excluding hydrogens is 242 g/mol. The molecule has 0 bridgehead atoms. The van der Waals surface area contributed by atoms with Crippen LogP contribution in [0.3, 0.4) is 0 Å². The first kappa shape index (κ1) is 14.9. The average molecular weight is 267 g/mol. The van der Waals surface area contributed by atoms with Gasteiger partial charge in [-0.2, -0.15) is 5.26 Å². The van der Waals surface area contributed by atoms with Gasteiger partial charge in [-0.3, -0.25) is 0 Å². The molecule has 1 saturated carbocycles. The van der Waals surface area contributed by atoms with E-state index in [9.17, 15) is 0 Å². The van der Waals surface area contributed by atoms with Crippen LogP contribution in [0, 0.1) is 17.2 Å². The monoisotopic (exact) mass is 267 g/mol. The molecule has 1 aromatic rings. The van der Waals surface area contributed by atoms with Gasteiger partial charge in [-0.05, 0) is 75.0 Å². The number of hydrogen-bond acceptors (Lipinski definition) is 1. The van der Waals surface area contributed by atoms with Crippen LogP contribution in [0.5, 0.6) is 0 Å². The minimum absolute atomic E-state index is 0.717. The zero-order valence-corrected chi connectivity index (χ0v) is 12.5. The molecule has 0 saturated heterocycles. The molecule has 1 heteroatoms. The predicted octanol–water partition coefficient (Wildman–Crippen LogP) is 5.58. The Hall–Kier alpha value is -1.55. The lowest BCUT2D eigenvalue weighted by Gasteiger charge is -2.28. The molecule has 106 valence electrons. The van der Waals surface area contributed by atoms with Crippen LogP contribution >= 0.6 is 0 Å². The van der Waals surface area contributed by atoms with E-state index in [-0.39, 0.29) is 0 Å². The Kier molecular flexibility index (Phi) is 5.87. The summed E-state index contributed by atoms with van der Waals surface area (Å²) in [6, 6.07) is 10.4. The van der Waals surface area contributed by atoms with Gasteiger partial charge >= 0.3 is 0 Å². The van der Waals surface area contributed by atoms with E-state index >= 15 is 0 Å². The third-order valence-electron chi connectivity index (χ3n) is 4.58. The number of nitrogens with zero attached hydrogens (tertiary/aromatic N) is 1. The quantitative estimate of drug-likeness (QED) is 0.504. The van der Waals surface area contributed by atoms with Crippen molar-refractivity contribution in [2.75, 3.05) is 0 Å². The van der Waals surface area contributed by atoms with Crippen LogP contribution in [-0.2, 0) is 0 Å². The molecule has 0 spiro atoms. The summed E-state index contributed by atoms with van der Waals surface area (Å²) in [6.07, 6.45) is 13.8. The van der Waals surface area contributed by atoms with Crippen molar-refractivity contribution in [3.05, 3.63) is 47.5 Å². The van der Waals surface area contributed by atoms with Crippen LogP contribution in [0.2, 0.25) is 0 Å². The van der Waals surface area contributed by atoms with Crippen LogP contribution in [0.4, 0.5) is 0 Å². The molecule has 0 aromatic heterocycles. The number of unbranched alkanes of at least 4 members (excludes halogenated alkanes) is 1. The van der Waals surface area contributed by atoms with E-state index in [0.717, 1.165) is 17.4 Å². The van der Waals surface area contributed by atoms with Crippen LogP contribution in [0.15, 0.2) is 36.4 Å². The summed E-state index contributed by atoms with van der Waals surface area (Å²) in [4.78, 5) is 0. The number of hydrogen-bond donors (Lipinski definition) is 0. The molecule has 2 rings (SSSR count). The van der Waals surface area contributed by atoms with Gasteiger partial charge in [0.05, 0.1) is 11.6 Å². The standard InChI is InChI=1S/C19H25N/c1-2-3-4-5-6-16-7-11-18(12-8-16)19-13-9-17(15-20)10-14-19/h2-3,9-10,13-14,16,18H,4-8,11-12H2,1H3/b3-2-/t16-,18-. The van der Waals surface area contributed by atoms with Gasteiger partial charge < -0.3 is 0 Å². The largest absolute Gasteiger partial charge is 0.192 e. The van der Waals surface area contributed by atoms with Crippen molar-refractivity contribution in [3.8, 4) is 6.07 Å². The SMILES string of the molecule is C/C=C\CCC[C@H]1CC[C@H](c2ccc(C#N)cc2)CC1. The van der Waals surface area contributed by atoms with Crippen molar-refractivity contribution < 1.29 is 0 Å². The Morgan fingerprint density at radius 1 is 1.15 bits per heavy atom. The highest BCUT2D eigenvalue weighted by Gasteiger charge is 2.21. The Bertz CT molecular complexity index is 456. The van der Waals surface area contributed by atoms with Crippen molar-refractivity contribution in [1.29, 1.82) is 5.26 Å². The predicted molar refractivity (Wildman–Crippen MR) is 84.5 cm³/mol. The average Bonchev–Trinajstić information content (AvgIpc) is 2.52. The second-order valence-corrected chi connectivity index (χ2v) is 5.95. The number of benzene rings is 1. The first-order valence-electron chi connectivity index (χ1n) is 7.94. The van der Waals surface area contributed by atoms with Gasteiger partial charge in [0.1, 0.15) is 0 Å². The third-order valence-corrected chi connectivity index (χ3v) is 4.58. The van der Waals surface area contributed by atoms with Crippen LogP contribution in [-0.4, -0.2) is 0 Å². The van der Waals surface area contributed by atoms with Crippen LogP contribution < -0.4 is 0 Å². The molecule has 0 atom stereocenters. The zero-order chi connectivity index (χ0) is 14.2. The van der Waals surface area contributed by atoms with Gasteiger partial charge in [-0.15, -0.1) is 0 Å². The van der Waals surface area contributed by atoms with E-state index in [1.54, 1.807) is 0 Å². The molecule has 0 aliphatic heterocycles. The van der Waals surface area contributed by atoms with E-state index in [0.29, 0.717) is 0 Å². The fourth-order valence-electron chi connectivity index (χ4n) is 3.31. The van der Waals surface area contributed by atoms with Gasteiger partial charge in [0.15, 0.2) is 0 Å². The van der Waals surface area contributed by atoms with Crippen molar-refractivity contribution in [2.24, 2.45) is 5.92 Å². The smallest absolute Gasteiger partial charge is 0.0991 e. The van der Waals surface area contributed by atoms with Crippen molar-refractivity contribution in [1.82, 2.24) is 0 Å². The maximum Gasteiger partial charge on any atom is 0.0991 e. The summed E-state index contributed by atoms with van der Waals surface area (Å²) in [7, 11) is 0. The lowest BCUT2D eigenvalue weighted by atomic mass is 9.77. The molecular formula is C19H25N. The van der Waals surface area contributed by atoms with Crippen LogP contribution in [0.1, 0.15) is 68.9 Å². The normalized spacial score (nSPS) is 22.8. The molecule has 20 heavy (non-hydrogen) atoms. The van der Waals surface area contributed by atoms with Crippen molar-refractivity contribution >= 4 is 0 Å². The van der Waals surface area contributed by atoms with E-state index in [4.69, 9.17) is 5.26 Å². The molecule has 1 aliphatic rings. The highest BCUT2D eigenvalue weighted by Crippen LogP contribution is 2.37. The molecule has 0 N–H and O–H groups in total. The van der Waals surface area contributed by atoms with Gasteiger partial charge in [0, 0.05) is 0 Å². The maximum absolute atomic E-state index is 8.84. The molecule has 1 fully saturated rings. The fraction of sp³-hybridized carbons (Fsp3) is 0.526. The molecule has 1 aliphatic carbocycles. The summed E-state index contributed by atoms with van der Waals surface area (Å²) >= 11 is 0. The van der Waals surface area contributed by atoms with Gasteiger partial charge in [0.2, 0.25) is 0 Å². The summed E-state index contributed by atoms with van der Waals surface area (Å²) in [6.45, 7) is 2.10. The Balaban J connectivity index is 1.77. The van der Waals surface area contributed by atoms with E-state index in [1.165, 1.54) is 50.5 Å². The van der Waals surface area contributed by atoms with Crippen molar-refractivity contribution in [2.45, 2.75) is 57.8 Å². The molecule has 0 amide bonds. The lowest BCUT2D eigenvalue weighted by Crippen LogP contribution is -2.13. The van der Waals surface area contributed by atoms with Crippen molar-refractivity contribution in [3.63, 3.8) is 0 Å². The minimum Gasteiger partial charge on any atom is -0.192 e.